The van der Waals surface area contributed by atoms with E-state index in [-0.39, 0.29) is 10.4 Å². The minimum atomic E-state index is -3.97. The molecule has 9 heteroatoms. The molecule has 0 aliphatic heterocycles. The molecule has 0 amide bonds. The summed E-state index contributed by atoms with van der Waals surface area (Å²) in [5.41, 5.74) is -0.798. The molecule has 0 heterocycles. The van der Waals surface area contributed by atoms with E-state index in [2.05, 4.69) is 15.9 Å². The molecule has 0 bridgehead atoms. The van der Waals surface area contributed by atoms with Gasteiger partial charge in [-0.25, -0.2) is 12.8 Å². The average Bonchev–Trinajstić information content (AvgIpc) is 2.30. The first-order valence-corrected chi connectivity index (χ1v) is 7.52. The molecule has 0 fully saturated rings. The maximum atomic E-state index is 13.2. The second-order valence-corrected chi connectivity index (χ2v) is 7.00. The Kier molecular flexibility index (Phi) is 4.68. The number of alkyl halides is 1. The van der Waals surface area contributed by atoms with Gasteiger partial charge in [0.25, 0.3) is 5.69 Å². The van der Waals surface area contributed by atoms with E-state index in [4.69, 9.17) is 11.6 Å². The number of nitro groups is 1. The quantitative estimate of drug-likeness (QED) is 0.358. The highest BCUT2D eigenvalue weighted by atomic mass is 79.9. The van der Waals surface area contributed by atoms with Gasteiger partial charge in [-0.2, -0.15) is 0 Å². The van der Waals surface area contributed by atoms with Crippen LogP contribution in [0.25, 0.3) is 0 Å². The molecular formula is C9H8BrClFNO4S. The Balaban J connectivity index is 3.59. The molecule has 0 radical (unpaired) electrons. The van der Waals surface area contributed by atoms with Crippen LogP contribution in [0.2, 0.25) is 0 Å². The van der Waals surface area contributed by atoms with Gasteiger partial charge in [0.1, 0.15) is 10.7 Å². The highest BCUT2D eigenvalue weighted by Gasteiger charge is 2.31. The van der Waals surface area contributed by atoms with Crippen molar-refractivity contribution < 1.29 is 17.7 Å². The van der Waals surface area contributed by atoms with Crippen LogP contribution in [-0.4, -0.2) is 24.5 Å². The van der Waals surface area contributed by atoms with Crippen LogP contribution in [0.3, 0.4) is 0 Å². The lowest BCUT2D eigenvalue weighted by molar-refractivity contribution is -0.388. The van der Waals surface area contributed by atoms with Crippen molar-refractivity contribution in [1.82, 2.24) is 0 Å². The molecule has 5 nitrogen and oxygen atoms in total. The van der Waals surface area contributed by atoms with Crippen molar-refractivity contribution in [3.8, 4) is 0 Å². The Morgan fingerprint density at radius 3 is 2.56 bits per heavy atom. The maximum Gasteiger partial charge on any atom is 0.290 e. The summed E-state index contributed by atoms with van der Waals surface area (Å²) in [6.07, 6.45) is 0. The molecule has 0 spiro atoms. The molecule has 0 aliphatic carbocycles. The fraction of sp³-hybridized carbons (Fsp3) is 0.333. The predicted molar refractivity (Wildman–Crippen MR) is 68.1 cm³/mol. The van der Waals surface area contributed by atoms with E-state index in [9.17, 15) is 22.9 Å². The second kappa shape index (κ2) is 5.50. The smallest absolute Gasteiger partial charge is 0.258 e. The van der Waals surface area contributed by atoms with Crippen LogP contribution in [-0.2, 0) is 9.84 Å². The topological polar surface area (TPSA) is 77.3 Å². The van der Waals surface area contributed by atoms with Gasteiger partial charge in [-0.05, 0) is 28.9 Å². The van der Waals surface area contributed by atoms with Gasteiger partial charge in [0, 0.05) is 5.88 Å². The van der Waals surface area contributed by atoms with E-state index in [1.165, 1.54) is 6.92 Å². The van der Waals surface area contributed by atoms with Crippen molar-refractivity contribution in [1.29, 1.82) is 0 Å². The fourth-order valence-corrected chi connectivity index (χ4v) is 3.49. The molecule has 0 saturated carbocycles. The van der Waals surface area contributed by atoms with Crippen molar-refractivity contribution >= 4 is 43.1 Å². The Labute approximate surface area is 116 Å². The van der Waals surface area contributed by atoms with Gasteiger partial charge in [-0.3, -0.25) is 10.1 Å². The molecule has 1 aromatic rings. The summed E-state index contributed by atoms with van der Waals surface area (Å²) in [5.74, 6) is -1.12. The SMILES string of the molecule is CC(CCl)S(=O)(=O)c1cc(Br)c(F)cc1[N+](=O)[O-]. The molecule has 0 saturated heterocycles. The van der Waals surface area contributed by atoms with E-state index < -0.39 is 36.4 Å². The van der Waals surface area contributed by atoms with Gasteiger partial charge in [-0.1, -0.05) is 0 Å². The lowest BCUT2D eigenvalue weighted by atomic mass is 10.3. The number of nitrogens with zero attached hydrogens (tertiary/aromatic N) is 1. The third-order valence-electron chi connectivity index (χ3n) is 2.25. The van der Waals surface area contributed by atoms with E-state index in [0.717, 1.165) is 6.07 Å². The standard InChI is InChI=1S/C9H8BrClFNO4S/c1-5(4-11)18(16,17)9-2-6(10)7(12)3-8(9)13(14)15/h2-3,5H,4H2,1H3. The first kappa shape index (κ1) is 15.3. The van der Waals surface area contributed by atoms with Crippen molar-refractivity contribution in [3.63, 3.8) is 0 Å². The summed E-state index contributed by atoms with van der Waals surface area (Å²) in [6, 6.07) is 1.45. The normalized spacial score (nSPS) is 13.3. The molecule has 1 unspecified atom stereocenters. The zero-order valence-corrected chi connectivity index (χ0v) is 12.2. The van der Waals surface area contributed by atoms with Crippen LogP contribution in [0.1, 0.15) is 6.92 Å². The summed E-state index contributed by atoms with van der Waals surface area (Å²) in [4.78, 5) is 9.28. The average molecular weight is 361 g/mol. The molecule has 1 atom stereocenters. The fourth-order valence-electron chi connectivity index (χ4n) is 1.19. The van der Waals surface area contributed by atoms with E-state index in [1.54, 1.807) is 0 Å². The molecule has 1 aromatic carbocycles. The summed E-state index contributed by atoms with van der Waals surface area (Å²) in [5, 5.41) is 9.76. The molecule has 0 aliphatic rings. The van der Waals surface area contributed by atoms with Crippen molar-refractivity contribution in [2.45, 2.75) is 17.1 Å². The predicted octanol–water partition coefficient (Wildman–Crippen LogP) is 2.90. The van der Waals surface area contributed by atoms with Gasteiger partial charge in [0.15, 0.2) is 9.84 Å². The number of nitro benzene ring substituents is 1. The highest BCUT2D eigenvalue weighted by molar-refractivity contribution is 9.10. The number of benzene rings is 1. The first-order chi connectivity index (χ1) is 8.21. The first-order valence-electron chi connectivity index (χ1n) is 4.65. The summed E-state index contributed by atoms with van der Waals surface area (Å²) in [7, 11) is -3.97. The Morgan fingerprint density at radius 1 is 1.56 bits per heavy atom. The zero-order chi connectivity index (χ0) is 14.1. The Hall–Kier alpha value is -0.730. The van der Waals surface area contributed by atoms with Crippen molar-refractivity contribution in [3.05, 3.63) is 32.5 Å². The van der Waals surface area contributed by atoms with Gasteiger partial charge in [0.05, 0.1) is 20.7 Å². The van der Waals surface area contributed by atoms with Crippen LogP contribution in [0.4, 0.5) is 10.1 Å². The number of rotatable bonds is 4. The molecule has 0 N–H and O–H groups in total. The molecule has 1 rings (SSSR count). The van der Waals surface area contributed by atoms with Gasteiger partial charge in [-0.15, -0.1) is 11.6 Å². The molecule has 18 heavy (non-hydrogen) atoms. The minimum Gasteiger partial charge on any atom is -0.258 e. The van der Waals surface area contributed by atoms with Gasteiger partial charge < -0.3 is 0 Å². The van der Waals surface area contributed by atoms with Crippen molar-refractivity contribution in [2.75, 3.05) is 5.88 Å². The number of hydrogen-bond acceptors (Lipinski definition) is 4. The van der Waals surface area contributed by atoms with Crippen LogP contribution < -0.4 is 0 Å². The van der Waals surface area contributed by atoms with Crippen LogP contribution in [0.5, 0.6) is 0 Å². The third-order valence-corrected chi connectivity index (χ3v) is 5.67. The largest absolute Gasteiger partial charge is 0.290 e. The van der Waals surface area contributed by atoms with Crippen LogP contribution >= 0.6 is 27.5 Å². The summed E-state index contributed by atoms with van der Waals surface area (Å²) >= 11 is 8.25. The second-order valence-electron chi connectivity index (χ2n) is 3.50. The van der Waals surface area contributed by atoms with Gasteiger partial charge >= 0.3 is 0 Å². The van der Waals surface area contributed by atoms with E-state index in [1.807, 2.05) is 0 Å². The van der Waals surface area contributed by atoms with Gasteiger partial charge in [0.2, 0.25) is 0 Å². The summed E-state index contributed by atoms with van der Waals surface area (Å²) < 4.78 is 37.1. The zero-order valence-electron chi connectivity index (χ0n) is 9.06. The highest BCUT2D eigenvalue weighted by Crippen LogP contribution is 2.32. The Morgan fingerprint density at radius 2 is 2.11 bits per heavy atom. The third kappa shape index (κ3) is 2.81. The Bertz CT molecular complexity index is 592. The van der Waals surface area contributed by atoms with Crippen LogP contribution in [0, 0.1) is 15.9 Å². The molecular weight excluding hydrogens is 353 g/mol. The summed E-state index contributed by atoms with van der Waals surface area (Å²) in [6.45, 7) is 1.32. The lowest BCUT2D eigenvalue weighted by Gasteiger charge is -2.10. The van der Waals surface area contributed by atoms with Crippen molar-refractivity contribution in [2.24, 2.45) is 0 Å². The monoisotopic (exact) mass is 359 g/mol. The van der Waals surface area contributed by atoms with Crippen LogP contribution in [0.15, 0.2) is 21.5 Å². The van der Waals surface area contributed by atoms with E-state index >= 15 is 0 Å². The maximum absolute atomic E-state index is 13.2. The lowest BCUT2D eigenvalue weighted by Crippen LogP contribution is -2.20. The number of sulfone groups is 1. The minimum absolute atomic E-state index is 0.159. The number of hydrogen-bond donors (Lipinski definition) is 0. The number of halogens is 3. The van der Waals surface area contributed by atoms with E-state index in [0.29, 0.717) is 6.07 Å². The molecule has 0 aromatic heterocycles. The molecule has 100 valence electrons.